The fraction of sp³-hybridized carbons (Fsp3) is 0.370. The minimum Gasteiger partial charge on any atom is -0.495 e. The third kappa shape index (κ3) is 5.33. The van der Waals surface area contributed by atoms with Crippen molar-refractivity contribution in [1.82, 2.24) is 9.97 Å². The highest BCUT2D eigenvalue weighted by Crippen LogP contribution is 2.47. The summed E-state index contributed by atoms with van der Waals surface area (Å²) in [7, 11) is 2.93. The van der Waals surface area contributed by atoms with E-state index in [1.165, 1.54) is 25.2 Å². The number of aromatic nitrogens is 2. The smallest absolute Gasteiger partial charge is 0.282 e. The highest BCUT2D eigenvalue weighted by atomic mass is 35.5. The summed E-state index contributed by atoms with van der Waals surface area (Å²) in [5, 5.41) is 5.02. The molecular weight excluding hydrogens is 553 g/mol. The number of ether oxygens (including phenoxy) is 3. The van der Waals surface area contributed by atoms with Crippen LogP contribution in [0.3, 0.4) is 0 Å². The predicted molar refractivity (Wildman–Crippen MR) is 147 cm³/mol. The number of hydrogen-bond acceptors (Lipinski definition) is 8. The highest BCUT2D eigenvalue weighted by Gasteiger charge is 2.45. The molecule has 8 nitrogen and oxygen atoms in total. The number of anilines is 2. The van der Waals surface area contributed by atoms with Gasteiger partial charge in [-0.1, -0.05) is 29.8 Å². The van der Waals surface area contributed by atoms with Crippen LogP contribution < -0.4 is 19.7 Å². The molecule has 1 N–H and O–H groups in total. The molecule has 2 aliphatic rings. The number of carbonyl (C=O) groups excluding carboxylic acids is 1. The molecule has 39 heavy (non-hydrogen) atoms. The van der Waals surface area contributed by atoms with Gasteiger partial charge in [-0.05, 0) is 18.2 Å². The zero-order valence-corrected chi connectivity index (χ0v) is 22.8. The van der Waals surface area contributed by atoms with Gasteiger partial charge >= 0.3 is 0 Å². The van der Waals surface area contributed by atoms with Crippen molar-refractivity contribution in [2.24, 2.45) is 5.92 Å². The Bertz CT molecular complexity index is 1420. The second-order valence-electron chi connectivity index (χ2n) is 9.54. The fourth-order valence-corrected chi connectivity index (χ4v) is 5.53. The van der Waals surface area contributed by atoms with Crippen molar-refractivity contribution in [3.63, 3.8) is 0 Å². The number of allylic oxidation sites excluding steroid dienone is 1. The summed E-state index contributed by atoms with van der Waals surface area (Å²) >= 11 is 13.3. The van der Waals surface area contributed by atoms with Crippen LogP contribution in [0.25, 0.3) is 22.0 Å². The second-order valence-corrected chi connectivity index (χ2v) is 10.3. The van der Waals surface area contributed by atoms with E-state index in [2.05, 4.69) is 16.9 Å². The van der Waals surface area contributed by atoms with E-state index in [1.54, 1.807) is 24.4 Å². The van der Waals surface area contributed by atoms with E-state index in [-0.39, 0.29) is 27.8 Å². The molecule has 0 aliphatic carbocycles. The number of halogens is 4. The molecule has 206 valence electrons. The minimum atomic E-state index is -2.82. The summed E-state index contributed by atoms with van der Waals surface area (Å²) in [6, 6.07) is 4.92. The van der Waals surface area contributed by atoms with E-state index in [9.17, 15) is 13.6 Å². The van der Waals surface area contributed by atoms with Gasteiger partial charge in [0.05, 0.1) is 62.3 Å². The summed E-state index contributed by atoms with van der Waals surface area (Å²) in [4.78, 5) is 22.7. The number of carbonyl (C=O) groups is 1. The molecule has 0 radical (unpaired) electrons. The lowest BCUT2D eigenvalue weighted by Crippen LogP contribution is -2.56. The maximum absolute atomic E-state index is 13.9. The van der Waals surface area contributed by atoms with Crippen molar-refractivity contribution in [1.29, 1.82) is 0 Å². The van der Waals surface area contributed by atoms with E-state index in [0.717, 1.165) is 0 Å². The summed E-state index contributed by atoms with van der Waals surface area (Å²) in [5.41, 5.74) is 0.708. The average molecular weight is 579 g/mol. The Labute approximate surface area is 233 Å². The molecule has 2 fully saturated rings. The van der Waals surface area contributed by atoms with E-state index in [1.807, 2.05) is 0 Å². The summed E-state index contributed by atoms with van der Waals surface area (Å²) in [6.07, 6.45) is 3.24. The first kappa shape index (κ1) is 27.4. The number of benzene rings is 1. The fourth-order valence-electron chi connectivity index (χ4n) is 4.84. The van der Waals surface area contributed by atoms with Crippen LogP contribution in [0, 0.1) is 5.92 Å². The van der Waals surface area contributed by atoms with Crippen LogP contribution in [0.2, 0.25) is 10.0 Å². The van der Waals surface area contributed by atoms with E-state index < -0.39 is 19.0 Å². The lowest BCUT2D eigenvalue weighted by Gasteiger charge is -2.40. The van der Waals surface area contributed by atoms with Crippen molar-refractivity contribution in [2.75, 3.05) is 50.7 Å². The lowest BCUT2D eigenvalue weighted by atomic mass is 9.97. The van der Waals surface area contributed by atoms with E-state index in [0.29, 0.717) is 64.8 Å². The van der Waals surface area contributed by atoms with Crippen LogP contribution in [-0.4, -0.2) is 68.2 Å². The van der Waals surface area contributed by atoms with Gasteiger partial charge in [0.2, 0.25) is 0 Å². The lowest BCUT2D eigenvalue weighted by molar-refractivity contribution is -0.115. The van der Waals surface area contributed by atoms with Gasteiger partial charge in [-0.3, -0.25) is 4.79 Å². The number of nitrogens with one attached hydrogen (secondary N) is 1. The Morgan fingerprint density at radius 1 is 1.21 bits per heavy atom. The molecule has 2 saturated heterocycles. The van der Waals surface area contributed by atoms with Crippen LogP contribution in [0.5, 0.6) is 11.5 Å². The van der Waals surface area contributed by atoms with Crippen molar-refractivity contribution < 1.29 is 27.8 Å². The maximum Gasteiger partial charge on any atom is 0.282 e. The van der Waals surface area contributed by atoms with E-state index in [4.69, 9.17) is 42.4 Å². The standard InChI is InChI=1S/C27H26Cl2F2N4O4/c1-4-16(36)5-15-10-39-11-19(15)33-22-7-17-14(9-32-22)6-18(34-26(17)35-12-27(30,31)13-35)23-24(28)20(37-2)8-21(38-3)25(23)29/h4,6-9,15,19H,1,5,10-13H2,2-3H3,(H,32,33)/t15-,19+/m0/s1. The molecule has 2 aromatic heterocycles. The Balaban J connectivity index is 1.58. The summed E-state index contributed by atoms with van der Waals surface area (Å²) in [5.74, 6) is -1.42. The van der Waals surface area contributed by atoms with Gasteiger partial charge in [-0.2, -0.15) is 0 Å². The molecule has 12 heteroatoms. The van der Waals surface area contributed by atoms with Gasteiger partial charge in [-0.15, -0.1) is 0 Å². The third-order valence-electron chi connectivity index (χ3n) is 6.89. The average Bonchev–Trinajstić information content (AvgIpc) is 3.33. The summed E-state index contributed by atoms with van der Waals surface area (Å²) in [6.45, 7) is 3.43. The first-order valence-corrected chi connectivity index (χ1v) is 12.9. The number of pyridine rings is 2. The maximum atomic E-state index is 13.9. The SMILES string of the molecule is C=CC(=O)C[C@H]1COC[C@H]1Nc1cc2c(N3CC(F)(F)C3)nc(-c3c(Cl)c(OC)cc(OC)c3Cl)cc2cn1. The molecule has 4 heterocycles. The molecule has 0 bridgehead atoms. The van der Waals surface area contributed by atoms with Crippen LogP contribution >= 0.6 is 23.2 Å². The third-order valence-corrected chi connectivity index (χ3v) is 7.64. The van der Waals surface area contributed by atoms with Crippen LogP contribution in [-0.2, 0) is 9.53 Å². The minimum absolute atomic E-state index is 0.0469. The molecule has 0 spiro atoms. The van der Waals surface area contributed by atoms with Gasteiger partial charge in [0.25, 0.3) is 5.92 Å². The predicted octanol–water partition coefficient (Wildman–Crippen LogP) is 5.65. The molecule has 2 atom stereocenters. The first-order chi connectivity index (χ1) is 18.6. The van der Waals surface area contributed by atoms with Gasteiger partial charge < -0.3 is 24.4 Å². The largest absolute Gasteiger partial charge is 0.495 e. The molecule has 3 aromatic rings. The molecule has 2 aliphatic heterocycles. The molecule has 1 aromatic carbocycles. The Morgan fingerprint density at radius 3 is 2.51 bits per heavy atom. The quantitative estimate of drug-likeness (QED) is 0.326. The second kappa shape index (κ2) is 10.7. The zero-order valence-electron chi connectivity index (χ0n) is 21.3. The van der Waals surface area contributed by atoms with Gasteiger partial charge in [0.1, 0.15) is 23.1 Å². The number of fused-ring (bicyclic) bond motifs is 1. The van der Waals surface area contributed by atoms with Crippen molar-refractivity contribution >= 4 is 51.4 Å². The Morgan fingerprint density at radius 2 is 1.90 bits per heavy atom. The van der Waals surface area contributed by atoms with Crippen LogP contribution in [0.1, 0.15) is 6.42 Å². The molecule has 0 amide bonds. The van der Waals surface area contributed by atoms with Crippen molar-refractivity contribution in [2.45, 2.75) is 18.4 Å². The van der Waals surface area contributed by atoms with E-state index >= 15 is 0 Å². The molecule has 0 saturated carbocycles. The van der Waals surface area contributed by atoms with Gasteiger partial charge in [0.15, 0.2) is 5.78 Å². The van der Waals surface area contributed by atoms with Crippen molar-refractivity contribution in [3.8, 4) is 22.8 Å². The normalized spacial score (nSPS) is 20.0. The number of nitrogens with zero attached hydrogens (tertiary/aromatic N) is 3. The molecule has 5 rings (SSSR count). The van der Waals surface area contributed by atoms with Crippen molar-refractivity contribution in [3.05, 3.63) is 47.1 Å². The Kier molecular flexibility index (Phi) is 7.54. The molecular formula is C27H26Cl2F2N4O4. The topological polar surface area (TPSA) is 85.8 Å². The zero-order chi connectivity index (χ0) is 27.9. The number of rotatable bonds is 9. The van der Waals surface area contributed by atoms with Crippen LogP contribution in [0.15, 0.2) is 37.1 Å². The number of methoxy groups -OCH3 is 2. The number of ketones is 1. The monoisotopic (exact) mass is 578 g/mol. The van der Waals surface area contributed by atoms with Gasteiger partial charge in [0, 0.05) is 40.9 Å². The van der Waals surface area contributed by atoms with Crippen LogP contribution in [0.4, 0.5) is 20.4 Å². The van der Waals surface area contributed by atoms with Gasteiger partial charge in [-0.25, -0.2) is 18.7 Å². The number of hydrogen-bond donors (Lipinski definition) is 1. The Hall–Kier alpha value is -3.21. The summed E-state index contributed by atoms with van der Waals surface area (Å²) < 4.78 is 44.2. The first-order valence-electron chi connectivity index (χ1n) is 12.2. The molecule has 0 unspecified atom stereocenters. The number of alkyl halides is 2. The highest BCUT2D eigenvalue weighted by molar-refractivity contribution is 6.41.